The summed E-state index contributed by atoms with van der Waals surface area (Å²) in [6, 6.07) is 0. The molecule has 0 aliphatic rings. The molecule has 0 aromatic carbocycles. The van der Waals surface area contributed by atoms with Crippen LogP contribution < -0.4 is 11.2 Å². The Balaban J connectivity index is 2.75. The molecule has 2 heterocycles. The van der Waals surface area contributed by atoms with E-state index in [1.165, 1.54) is 4.57 Å². The molecule has 0 fully saturated rings. The molecule has 18 heavy (non-hydrogen) atoms. The number of nitrogens with zero attached hydrogens (tertiary/aromatic N) is 3. The Morgan fingerprint density at radius 2 is 2.17 bits per heavy atom. The lowest BCUT2D eigenvalue weighted by Crippen LogP contribution is -2.29. The first kappa shape index (κ1) is 13.4. The standard InChI is InChI=1S/C10H12BrClN4O2/c1-5(3-12)4-16-6-7(13-9(16)11)15(2)10(18)14-8(6)17/h5H,3-4H2,1-2H3,(H,14,17,18)/t5-/m1/s1. The third-order valence-electron chi connectivity index (χ3n) is 2.72. The second kappa shape index (κ2) is 4.89. The first-order valence-electron chi connectivity index (χ1n) is 5.36. The predicted molar refractivity (Wildman–Crippen MR) is 73.2 cm³/mol. The summed E-state index contributed by atoms with van der Waals surface area (Å²) in [5.74, 6) is 0.674. The summed E-state index contributed by atoms with van der Waals surface area (Å²) in [4.78, 5) is 29.8. The van der Waals surface area contributed by atoms with Gasteiger partial charge in [-0.15, -0.1) is 11.6 Å². The number of aromatic amines is 1. The van der Waals surface area contributed by atoms with Crippen LogP contribution in [-0.4, -0.2) is 25.0 Å². The molecule has 0 amide bonds. The number of H-pyrrole nitrogens is 1. The molecule has 0 aliphatic heterocycles. The fourth-order valence-corrected chi connectivity index (χ4v) is 2.32. The quantitative estimate of drug-likeness (QED) is 0.673. The number of nitrogens with one attached hydrogen (secondary N) is 1. The van der Waals surface area contributed by atoms with E-state index in [0.717, 1.165) is 0 Å². The highest BCUT2D eigenvalue weighted by atomic mass is 79.9. The number of fused-ring (bicyclic) bond motifs is 1. The molecular formula is C10H12BrClN4O2. The Morgan fingerprint density at radius 1 is 1.50 bits per heavy atom. The second-order valence-corrected chi connectivity index (χ2v) is 5.26. The van der Waals surface area contributed by atoms with Crippen LogP contribution in [0.2, 0.25) is 0 Å². The minimum atomic E-state index is -0.477. The molecule has 0 unspecified atom stereocenters. The maximum atomic E-state index is 11.9. The zero-order chi connectivity index (χ0) is 13.4. The molecule has 98 valence electrons. The molecule has 1 N–H and O–H groups in total. The first-order valence-corrected chi connectivity index (χ1v) is 6.69. The summed E-state index contributed by atoms with van der Waals surface area (Å²) in [6.07, 6.45) is 0. The van der Waals surface area contributed by atoms with Gasteiger partial charge in [0.25, 0.3) is 5.56 Å². The van der Waals surface area contributed by atoms with Crippen LogP contribution in [0.1, 0.15) is 6.92 Å². The van der Waals surface area contributed by atoms with Gasteiger partial charge in [0.15, 0.2) is 15.9 Å². The zero-order valence-corrected chi connectivity index (χ0v) is 12.2. The highest BCUT2D eigenvalue weighted by Crippen LogP contribution is 2.18. The van der Waals surface area contributed by atoms with E-state index >= 15 is 0 Å². The molecule has 2 rings (SSSR count). The smallest absolute Gasteiger partial charge is 0.312 e. The first-order chi connectivity index (χ1) is 8.45. The van der Waals surface area contributed by atoms with Gasteiger partial charge >= 0.3 is 5.69 Å². The minimum absolute atomic E-state index is 0.192. The van der Waals surface area contributed by atoms with Crippen molar-refractivity contribution in [2.45, 2.75) is 13.5 Å². The summed E-state index contributed by atoms with van der Waals surface area (Å²) in [5.41, 5.74) is -0.179. The van der Waals surface area contributed by atoms with Gasteiger partial charge < -0.3 is 4.57 Å². The molecule has 8 heteroatoms. The summed E-state index contributed by atoms with van der Waals surface area (Å²) in [5, 5.41) is 0. The van der Waals surface area contributed by atoms with Crippen LogP contribution in [0.25, 0.3) is 11.2 Å². The van der Waals surface area contributed by atoms with Gasteiger partial charge in [-0.2, -0.15) is 0 Å². The van der Waals surface area contributed by atoms with Crippen molar-refractivity contribution >= 4 is 38.7 Å². The molecule has 0 bridgehead atoms. The van der Waals surface area contributed by atoms with Crippen molar-refractivity contribution in [2.75, 3.05) is 5.88 Å². The summed E-state index contributed by atoms with van der Waals surface area (Å²) < 4.78 is 3.55. The fraction of sp³-hybridized carbons (Fsp3) is 0.500. The van der Waals surface area contributed by atoms with Gasteiger partial charge in [-0.25, -0.2) is 9.78 Å². The highest BCUT2D eigenvalue weighted by Gasteiger charge is 2.16. The zero-order valence-electron chi connectivity index (χ0n) is 9.91. The van der Waals surface area contributed by atoms with Crippen molar-refractivity contribution in [3.05, 3.63) is 25.6 Å². The maximum absolute atomic E-state index is 11.9. The monoisotopic (exact) mass is 334 g/mol. The third-order valence-corrected chi connectivity index (χ3v) is 3.85. The molecule has 0 saturated carbocycles. The van der Waals surface area contributed by atoms with E-state index < -0.39 is 11.2 Å². The number of hydrogen-bond acceptors (Lipinski definition) is 3. The van der Waals surface area contributed by atoms with Crippen molar-refractivity contribution in [1.82, 2.24) is 19.1 Å². The van der Waals surface area contributed by atoms with Crippen LogP contribution >= 0.6 is 27.5 Å². The van der Waals surface area contributed by atoms with Gasteiger partial charge in [-0.3, -0.25) is 14.3 Å². The molecule has 2 aromatic rings. The van der Waals surface area contributed by atoms with E-state index in [2.05, 4.69) is 25.9 Å². The van der Waals surface area contributed by atoms with E-state index in [1.807, 2.05) is 6.92 Å². The molecule has 1 atom stereocenters. The lowest BCUT2D eigenvalue weighted by molar-refractivity contribution is 0.530. The van der Waals surface area contributed by atoms with Crippen LogP contribution in [0.4, 0.5) is 0 Å². The number of rotatable bonds is 3. The SMILES string of the molecule is C[C@H](CCl)Cn1c(Br)nc2c1c(=O)[nH]c(=O)n2C. The number of aromatic nitrogens is 4. The van der Waals surface area contributed by atoms with E-state index in [-0.39, 0.29) is 5.92 Å². The molecule has 2 aromatic heterocycles. The Morgan fingerprint density at radius 3 is 2.78 bits per heavy atom. The predicted octanol–water partition coefficient (Wildman–Crippen LogP) is 1.06. The minimum Gasteiger partial charge on any atom is -0.312 e. The number of aryl methyl sites for hydroxylation is 1. The van der Waals surface area contributed by atoms with Gasteiger partial charge in [-0.1, -0.05) is 6.92 Å². The summed E-state index contributed by atoms with van der Waals surface area (Å²) in [6.45, 7) is 2.53. The fourth-order valence-electron chi connectivity index (χ4n) is 1.74. The Hall–Kier alpha value is -1.08. The number of alkyl halides is 1. The van der Waals surface area contributed by atoms with E-state index in [4.69, 9.17) is 11.6 Å². The highest BCUT2D eigenvalue weighted by molar-refractivity contribution is 9.10. The summed E-state index contributed by atoms with van der Waals surface area (Å²) >= 11 is 9.08. The van der Waals surface area contributed by atoms with Gasteiger partial charge in [0, 0.05) is 19.5 Å². The lowest BCUT2D eigenvalue weighted by Gasteiger charge is -2.10. The van der Waals surface area contributed by atoms with Gasteiger partial charge in [0.1, 0.15) is 0 Å². The van der Waals surface area contributed by atoms with E-state index in [1.54, 1.807) is 11.6 Å². The average molecular weight is 336 g/mol. The van der Waals surface area contributed by atoms with Crippen molar-refractivity contribution in [3.8, 4) is 0 Å². The second-order valence-electron chi connectivity index (χ2n) is 4.24. The Bertz CT molecular complexity index is 702. The number of imidazole rings is 1. The van der Waals surface area contributed by atoms with Gasteiger partial charge in [0.2, 0.25) is 0 Å². The van der Waals surface area contributed by atoms with Gasteiger partial charge in [-0.05, 0) is 21.8 Å². The molecule has 0 saturated heterocycles. The normalized spacial score (nSPS) is 13.1. The van der Waals surface area contributed by atoms with Crippen LogP contribution in [0.15, 0.2) is 14.3 Å². The van der Waals surface area contributed by atoms with Crippen molar-refractivity contribution in [3.63, 3.8) is 0 Å². The molecule has 0 spiro atoms. The number of hydrogen-bond donors (Lipinski definition) is 1. The van der Waals surface area contributed by atoms with Crippen LogP contribution in [0.3, 0.4) is 0 Å². The summed E-state index contributed by atoms with van der Waals surface area (Å²) in [7, 11) is 1.56. The van der Waals surface area contributed by atoms with E-state index in [9.17, 15) is 9.59 Å². The third kappa shape index (κ3) is 2.12. The average Bonchev–Trinajstić information content (AvgIpc) is 2.64. The van der Waals surface area contributed by atoms with Crippen molar-refractivity contribution in [2.24, 2.45) is 13.0 Å². The Kier molecular flexibility index (Phi) is 3.63. The topological polar surface area (TPSA) is 72.7 Å². The van der Waals surface area contributed by atoms with E-state index in [0.29, 0.717) is 28.3 Å². The maximum Gasteiger partial charge on any atom is 0.329 e. The van der Waals surface area contributed by atoms with Crippen molar-refractivity contribution in [1.29, 1.82) is 0 Å². The van der Waals surface area contributed by atoms with Crippen LogP contribution in [0.5, 0.6) is 0 Å². The Labute approximate surface area is 116 Å². The lowest BCUT2D eigenvalue weighted by atomic mass is 10.2. The largest absolute Gasteiger partial charge is 0.329 e. The number of halogens is 2. The van der Waals surface area contributed by atoms with Crippen molar-refractivity contribution < 1.29 is 0 Å². The van der Waals surface area contributed by atoms with Crippen LogP contribution in [0, 0.1) is 5.92 Å². The molecule has 6 nitrogen and oxygen atoms in total. The molecular weight excluding hydrogens is 323 g/mol. The molecule has 0 radical (unpaired) electrons. The van der Waals surface area contributed by atoms with Gasteiger partial charge in [0.05, 0.1) is 0 Å². The van der Waals surface area contributed by atoms with Crippen LogP contribution in [-0.2, 0) is 13.6 Å². The molecule has 0 aliphatic carbocycles.